The van der Waals surface area contributed by atoms with Gasteiger partial charge in [0.15, 0.2) is 0 Å². The number of pyridine rings is 1. The van der Waals surface area contributed by atoms with Crippen LogP contribution in [-0.4, -0.2) is 28.5 Å². The van der Waals surface area contributed by atoms with Crippen molar-refractivity contribution >= 4 is 17.6 Å². The maximum Gasteiger partial charge on any atom is 0.323 e. The van der Waals surface area contributed by atoms with Crippen LogP contribution in [0.1, 0.15) is 12.0 Å². The number of para-hydroxylation sites is 1. The summed E-state index contributed by atoms with van der Waals surface area (Å²) in [5.41, 5.74) is 1.60. The van der Waals surface area contributed by atoms with Gasteiger partial charge < -0.3 is 10.0 Å². The zero-order chi connectivity index (χ0) is 15.1. The van der Waals surface area contributed by atoms with Gasteiger partial charge in [-0.3, -0.25) is 14.6 Å². The fraction of sp³-hybridized carbons (Fsp3) is 0.188. The van der Waals surface area contributed by atoms with E-state index >= 15 is 0 Å². The molecule has 1 amide bonds. The van der Waals surface area contributed by atoms with E-state index in [0.717, 1.165) is 5.56 Å². The van der Waals surface area contributed by atoms with Gasteiger partial charge in [-0.25, -0.2) is 0 Å². The van der Waals surface area contributed by atoms with Crippen molar-refractivity contribution in [2.24, 2.45) is 0 Å². The molecule has 108 valence electrons. The van der Waals surface area contributed by atoms with Crippen LogP contribution in [0.4, 0.5) is 5.69 Å². The average Bonchev–Trinajstić information content (AvgIpc) is 2.52. The zero-order valence-corrected chi connectivity index (χ0v) is 11.5. The monoisotopic (exact) mass is 284 g/mol. The number of nitrogens with zero attached hydrogens (tertiary/aromatic N) is 2. The molecule has 2 rings (SSSR count). The molecule has 0 spiro atoms. The van der Waals surface area contributed by atoms with E-state index in [1.54, 1.807) is 36.7 Å². The molecular weight excluding hydrogens is 268 g/mol. The average molecular weight is 284 g/mol. The Bertz CT molecular complexity index is 599. The number of hydrogen-bond donors (Lipinski definition) is 1. The van der Waals surface area contributed by atoms with Crippen LogP contribution in [0.5, 0.6) is 0 Å². The molecule has 0 aliphatic heterocycles. The lowest BCUT2D eigenvalue weighted by Crippen LogP contribution is -2.35. The summed E-state index contributed by atoms with van der Waals surface area (Å²) in [4.78, 5) is 28.5. The highest BCUT2D eigenvalue weighted by Crippen LogP contribution is 2.15. The number of carboxylic acid groups (broad SMARTS) is 1. The van der Waals surface area contributed by atoms with E-state index in [9.17, 15) is 9.59 Å². The molecule has 5 heteroatoms. The summed E-state index contributed by atoms with van der Waals surface area (Å²) in [5, 5.41) is 8.98. The number of rotatable bonds is 6. The fourth-order valence-corrected chi connectivity index (χ4v) is 2.00. The third-order valence-electron chi connectivity index (χ3n) is 3.04. The van der Waals surface area contributed by atoms with Gasteiger partial charge in [-0.15, -0.1) is 0 Å². The number of benzene rings is 1. The number of carbonyl (C=O) groups is 2. The maximum atomic E-state index is 12.3. The van der Waals surface area contributed by atoms with Crippen molar-refractivity contribution in [2.75, 3.05) is 11.4 Å². The van der Waals surface area contributed by atoms with Crippen LogP contribution in [0.3, 0.4) is 0 Å². The lowest BCUT2D eigenvalue weighted by Gasteiger charge is -2.20. The first-order valence-electron chi connectivity index (χ1n) is 6.63. The van der Waals surface area contributed by atoms with Gasteiger partial charge in [-0.2, -0.15) is 0 Å². The number of amides is 1. The van der Waals surface area contributed by atoms with Crippen molar-refractivity contribution < 1.29 is 14.7 Å². The number of aromatic nitrogens is 1. The number of aliphatic carboxylic acids is 1. The minimum absolute atomic E-state index is 0.208. The molecule has 0 saturated carbocycles. The second kappa shape index (κ2) is 7.19. The van der Waals surface area contributed by atoms with Gasteiger partial charge in [0.2, 0.25) is 5.91 Å². The standard InChI is InChI=1S/C16H16N2O3/c19-15(7-6-13-8-10-17-11-9-13)18(12-16(20)21)14-4-2-1-3-5-14/h1-5,8-11H,6-7,12H2,(H,20,21). The molecule has 0 fully saturated rings. The molecular formula is C16H16N2O3. The predicted molar refractivity (Wildman–Crippen MR) is 79.0 cm³/mol. The quantitative estimate of drug-likeness (QED) is 0.882. The van der Waals surface area contributed by atoms with Crippen molar-refractivity contribution in [3.8, 4) is 0 Å². The topological polar surface area (TPSA) is 70.5 Å². The Morgan fingerprint density at radius 2 is 1.71 bits per heavy atom. The second-order valence-electron chi connectivity index (χ2n) is 4.56. The van der Waals surface area contributed by atoms with Gasteiger partial charge in [0.1, 0.15) is 6.54 Å². The number of anilines is 1. The Balaban J connectivity index is 2.06. The molecule has 0 unspecified atom stereocenters. The summed E-state index contributed by atoms with van der Waals surface area (Å²) >= 11 is 0. The van der Waals surface area contributed by atoms with Crippen LogP contribution in [-0.2, 0) is 16.0 Å². The van der Waals surface area contributed by atoms with Crippen molar-refractivity contribution in [1.82, 2.24) is 4.98 Å². The van der Waals surface area contributed by atoms with Crippen molar-refractivity contribution in [2.45, 2.75) is 12.8 Å². The van der Waals surface area contributed by atoms with Crippen LogP contribution in [0.2, 0.25) is 0 Å². The maximum absolute atomic E-state index is 12.3. The van der Waals surface area contributed by atoms with Crippen molar-refractivity contribution in [3.63, 3.8) is 0 Å². The SMILES string of the molecule is O=C(O)CN(C(=O)CCc1ccncc1)c1ccccc1. The van der Waals surface area contributed by atoms with Crippen molar-refractivity contribution in [3.05, 3.63) is 60.4 Å². The van der Waals surface area contributed by atoms with E-state index < -0.39 is 5.97 Å². The molecule has 0 saturated heterocycles. The first kappa shape index (κ1) is 14.7. The summed E-state index contributed by atoms with van der Waals surface area (Å²) in [6.45, 7) is -0.334. The van der Waals surface area contributed by atoms with Gasteiger partial charge in [0, 0.05) is 24.5 Å². The van der Waals surface area contributed by atoms with E-state index in [2.05, 4.69) is 4.98 Å². The van der Waals surface area contributed by atoms with Crippen LogP contribution in [0.25, 0.3) is 0 Å². The van der Waals surface area contributed by atoms with Gasteiger partial charge in [-0.05, 0) is 36.2 Å². The van der Waals surface area contributed by atoms with E-state index in [0.29, 0.717) is 12.1 Å². The number of aryl methyl sites for hydroxylation is 1. The Labute approximate surface area is 122 Å². The van der Waals surface area contributed by atoms with Gasteiger partial charge in [0.05, 0.1) is 0 Å². The lowest BCUT2D eigenvalue weighted by molar-refractivity contribution is -0.136. The highest BCUT2D eigenvalue weighted by molar-refractivity contribution is 5.97. The summed E-state index contributed by atoms with van der Waals surface area (Å²) in [6.07, 6.45) is 4.16. The summed E-state index contributed by atoms with van der Waals surface area (Å²) in [7, 11) is 0. The Kier molecular flexibility index (Phi) is 5.04. The fourth-order valence-electron chi connectivity index (χ4n) is 2.00. The first-order valence-corrected chi connectivity index (χ1v) is 6.63. The minimum atomic E-state index is -1.03. The third kappa shape index (κ3) is 4.42. The van der Waals surface area contributed by atoms with E-state index in [-0.39, 0.29) is 18.9 Å². The lowest BCUT2D eigenvalue weighted by atomic mass is 10.1. The van der Waals surface area contributed by atoms with Gasteiger partial charge >= 0.3 is 5.97 Å². The summed E-state index contributed by atoms with van der Waals surface area (Å²) in [5.74, 6) is -1.24. The molecule has 0 bridgehead atoms. The Morgan fingerprint density at radius 1 is 1.05 bits per heavy atom. The van der Waals surface area contributed by atoms with Crippen molar-refractivity contribution in [1.29, 1.82) is 0 Å². The molecule has 5 nitrogen and oxygen atoms in total. The second-order valence-corrected chi connectivity index (χ2v) is 4.56. The minimum Gasteiger partial charge on any atom is -0.480 e. The van der Waals surface area contributed by atoms with E-state index in [1.807, 2.05) is 18.2 Å². The van der Waals surface area contributed by atoms with Crippen LogP contribution in [0, 0.1) is 0 Å². The smallest absolute Gasteiger partial charge is 0.323 e. The molecule has 0 radical (unpaired) electrons. The van der Waals surface area contributed by atoms with Crippen LogP contribution in [0.15, 0.2) is 54.9 Å². The molecule has 0 atom stereocenters. The molecule has 1 aromatic heterocycles. The first-order chi connectivity index (χ1) is 10.2. The van der Waals surface area contributed by atoms with Crippen LogP contribution < -0.4 is 4.90 Å². The molecule has 0 aliphatic carbocycles. The Morgan fingerprint density at radius 3 is 2.33 bits per heavy atom. The summed E-state index contributed by atoms with van der Waals surface area (Å²) < 4.78 is 0. The largest absolute Gasteiger partial charge is 0.480 e. The van der Waals surface area contributed by atoms with Gasteiger partial charge in [0.25, 0.3) is 0 Å². The normalized spacial score (nSPS) is 10.1. The molecule has 21 heavy (non-hydrogen) atoms. The molecule has 1 N–H and O–H groups in total. The number of hydrogen-bond acceptors (Lipinski definition) is 3. The highest BCUT2D eigenvalue weighted by Gasteiger charge is 2.18. The summed E-state index contributed by atoms with van der Waals surface area (Å²) in [6, 6.07) is 12.5. The molecule has 1 heterocycles. The highest BCUT2D eigenvalue weighted by atomic mass is 16.4. The molecule has 0 aliphatic rings. The number of carbonyl (C=O) groups excluding carboxylic acids is 1. The molecule has 1 aromatic carbocycles. The zero-order valence-electron chi connectivity index (χ0n) is 11.5. The Hall–Kier alpha value is -2.69. The molecule has 2 aromatic rings. The predicted octanol–water partition coefficient (Wildman–Crippen LogP) is 2.13. The van der Waals surface area contributed by atoms with E-state index in [4.69, 9.17) is 5.11 Å². The number of carboxylic acids is 1. The third-order valence-corrected chi connectivity index (χ3v) is 3.04. The van der Waals surface area contributed by atoms with Crippen LogP contribution >= 0.6 is 0 Å². The van der Waals surface area contributed by atoms with Gasteiger partial charge in [-0.1, -0.05) is 18.2 Å². The van der Waals surface area contributed by atoms with E-state index in [1.165, 1.54) is 4.90 Å².